The zero-order chi connectivity index (χ0) is 95.6. The van der Waals surface area contributed by atoms with E-state index in [0.717, 1.165) is 115 Å². The van der Waals surface area contributed by atoms with Crippen molar-refractivity contribution in [3.05, 3.63) is 190 Å². The number of aliphatic hydroxyl groups excluding tert-OH is 1. The monoisotopic (exact) mass is 1990 g/mol. The zero-order valence-electron chi connectivity index (χ0n) is 72.8. The number of rotatable bonds is 28. The highest BCUT2D eigenvalue weighted by Crippen LogP contribution is 2.38. The number of halogens is 1. The highest BCUT2D eigenvalue weighted by atomic mass is 35.5. The molecule has 0 saturated carbocycles. The van der Waals surface area contributed by atoms with Crippen molar-refractivity contribution in [2.45, 2.75) is 107 Å². The summed E-state index contributed by atoms with van der Waals surface area (Å²) < 4.78 is 21.6. The average Bonchev–Trinajstić information content (AvgIpc) is 1.78. The molecule has 133 heavy (non-hydrogen) atoms. The van der Waals surface area contributed by atoms with Gasteiger partial charge in [-0.15, -0.1) is 0 Å². The molecule has 13 aromatic rings. The van der Waals surface area contributed by atoms with E-state index in [-0.39, 0.29) is 113 Å². The number of aliphatic hydroxyl groups is 1. The third-order valence-corrected chi connectivity index (χ3v) is 26.2. The van der Waals surface area contributed by atoms with Gasteiger partial charge in [0.25, 0.3) is 45.9 Å². The Morgan fingerprint density at radius 1 is 0.534 bits per heavy atom. The molecule has 14 heterocycles. The predicted molar refractivity (Wildman–Crippen MR) is 523 cm³/mol. The molecule has 0 bridgehead atoms. The number of carbonyl (C=O) groups is 4. The molecule has 0 spiro atoms. The van der Waals surface area contributed by atoms with Crippen molar-refractivity contribution in [1.29, 1.82) is 0 Å². The van der Waals surface area contributed by atoms with Crippen LogP contribution in [-0.2, 0) is 15.9 Å². The lowest BCUT2D eigenvalue weighted by atomic mass is 10.1. The Labute approximate surface area is 793 Å². The summed E-state index contributed by atoms with van der Waals surface area (Å²) >= 11 is 14.4. The van der Waals surface area contributed by atoms with Crippen molar-refractivity contribution >= 4 is 224 Å². The lowest BCUT2D eigenvalue weighted by Crippen LogP contribution is -2.45. The van der Waals surface area contributed by atoms with Gasteiger partial charge in [-0.2, -0.15) is 9.97 Å². The molecular weight excluding hydrogens is 1900 g/mol. The number of carbonyl (C=O) groups excluding carboxylic acids is 4. The van der Waals surface area contributed by atoms with E-state index in [0.29, 0.717) is 132 Å². The smallest absolute Gasteiger partial charge is 0.272 e. The van der Waals surface area contributed by atoms with E-state index in [4.69, 9.17) is 44.0 Å². The van der Waals surface area contributed by atoms with Gasteiger partial charge in [-0.3, -0.25) is 95.6 Å². The lowest BCUT2D eigenvalue weighted by molar-refractivity contribution is -0.0670. The van der Waals surface area contributed by atoms with Gasteiger partial charge in [0.05, 0.1) is 84.7 Å². The second kappa shape index (κ2) is 45.3. The first-order chi connectivity index (χ1) is 63.6. The van der Waals surface area contributed by atoms with Crippen molar-refractivity contribution in [2.24, 2.45) is 42.9 Å². The number of aromatic hydroxyl groups is 2. The number of aromatic amines is 4. The zero-order valence-corrected chi connectivity index (χ0v) is 80.1. The molecule has 0 radical (unpaired) electrons. The molecule has 2 fully saturated rings. The number of amidine groups is 4. The molecule has 3 atom stereocenters. The molecule has 23 N–H and O–H groups in total. The van der Waals surface area contributed by atoms with E-state index >= 15 is 0 Å². The number of hydrogen-bond donors (Lipinski definition) is 19. The second-order valence-corrected chi connectivity index (χ2v) is 37.2. The summed E-state index contributed by atoms with van der Waals surface area (Å²) in [5, 5.41) is 57.0. The number of ether oxygens (including phenoxy) is 2. The Morgan fingerprint density at radius 2 is 0.962 bits per heavy atom. The number of H-pyrrole nitrogens is 4. The van der Waals surface area contributed by atoms with Crippen LogP contribution in [0, 0.1) is 34.6 Å². The van der Waals surface area contributed by atoms with Gasteiger partial charge >= 0.3 is 0 Å². The summed E-state index contributed by atoms with van der Waals surface area (Å²) in [7, 11) is 0. The molecular formula is C79H91ClN32O13S8. The molecule has 54 heteroatoms. The minimum atomic E-state index is -0.684. The molecule has 2 aliphatic heterocycles. The van der Waals surface area contributed by atoms with Gasteiger partial charge in [0.1, 0.15) is 99.6 Å². The minimum Gasteiger partial charge on any atom is -0.492 e. The number of benzene rings is 1. The number of morpholine rings is 2. The molecule has 4 amide bonds. The molecule has 12 aromatic heterocycles. The van der Waals surface area contributed by atoms with E-state index < -0.39 is 46.4 Å². The molecule has 3 unspecified atom stereocenters. The Hall–Kier alpha value is -13.2. The number of nitrogens with two attached hydrogens (primary N) is 4. The Kier molecular flexibility index (Phi) is 33.7. The van der Waals surface area contributed by atoms with Gasteiger partial charge in [-0.1, -0.05) is 82.1 Å². The normalized spacial score (nSPS) is 14.7. The van der Waals surface area contributed by atoms with Crippen LogP contribution in [0.4, 0.5) is 63.5 Å². The van der Waals surface area contributed by atoms with Crippen LogP contribution in [0.3, 0.4) is 0 Å². The fraction of sp³-hybridized carbons (Fsp3) is 0.316. The molecule has 1 aromatic carbocycles. The van der Waals surface area contributed by atoms with Crippen LogP contribution in [0.1, 0.15) is 136 Å². The fourth-order valence-electron chi connectivity index (χ4n) is 12.5. The molecule has 0 aliphatic carbocycles. The summed E-state index contributed by atoms with van der Waals surface area (Å²) in [5.41, 5.74) is 29.5. The van der Waals surface area contributed by atoms with Gasteiger partial charge in [-0.25, -0.2) is 29.9 Å². The summed E-state index contributed by atoms with van der Waals surface area (Å²) in [5.74, 6) is -1.61. The maximum absolute atomic E-state index is 13.3. The van der Waals surface area contributed by atoms with E-state index in [1.165, 1.54) is 30.2 Å². The van der Waals surface area contributed by atoms with E-state index in [9.17, 15) is 53.7 Å². The molecule has 45 nitrogen and oxygen atoms in total. The number of aromatic nitrogens is 14. The van der Waals surface area contributed by atoms with Gasteiger partial charge in [0.2, 0.25) is 11.8 Å². The first kappa shape index (κ1) is 98.9. The molecule has 700 valence electrons. The lowest BCUT2D eigenvalue weighted by Gasteiger charge is -2.34. The number of pyridine rings is 2. The molecule has 15 rings (SSSR count). The van der Waals surface area contributed by atoms with Crippen molar-refractivity contribution in [3.63, 3.8) is 0 Å². The SMILES string of the molecule is CCc1nc(Nc2s[nH]c(=O)c2C(N)=NCC(C)O)sc1C(=O)Nc1c(C)cnc2ccccc12.Cc1cncc(Cl)c1NC(=O)c1sc(Nc2s[nH]c(=O)c2C(N)=NC(C)C)nc1O.Cc1cncnc1NC(=O)c1sc(Nc2s[nH]c(=O)c2C(N)=NCN2CC(C)OC(C)C2)nc1O.Cc1cncnc1NC(=O)c1sc(Nc2s[nH]c(=O)c2C(N)=NCN2CCOCC2)nc1C. The Bertz CT molecular complexity index is 6740. The second-order valence-electron chi connectivity index (χ2n) is 29.5. The number of para-hydroxylation sites is 1. The predicted octanol–water partition coefficient (Wildman–Crippen LogP) is 9.21. The molecule has 2 aliphatic rings. The summed E-state index contributed by atoms with van der Waals surface area (Å²) in [4.78, 5) is 164. The number of hydrogen-bond acceptors (Lipinski definition) is 41. The van der Waals surface area contributed by atoms with Gasteiger partial charge < -0.3 is 90.3 Å². The summed E-state index contributed by atoms with van der Waals surface area (Å²) in [6, 6.07) is 7.52. The number of anilines is 12. The maximum atomic E-state index is 13.3. The highest BCUT2D eigenvalue weighted by Gasteiger charge is 2.30. The van der Waals surface area contributed by atoms with Crippen LogP contribution < -0.4 is 87.7 Å². The first-order valence-corrected chi connectivity index (χ1v) is 47.1. The number of thiazole rings is 4. The van der Waals surface area contributed by atoms with Crippen molar-refractivity contribution in [2.75, 3.05) is 102 Å². The number of nitrogens with zero attached hydrogens (tertiary/aromatic N) is 16. The Morgan fingerprint density at radius 3 is 1.46 bits per heavy atom. The van der Waals surface area contributed by atoms with Crippen LogP contribution in [-0.4, -0.2) is 223 Å². The third-order valence-electron chi connectivity index (χ3n) is 18.8. The van der Waals surface area contributed by atoms with Crippen LogP contribution in [0.2, 0.25) is 5.02 Å². The van der Waals surface area contributed by atoms with E-state index in [2.05, 4.69) is 140 Å². The van der Waals surface area contributed by atoms with Gasteiger partial charge in [0.15, 0.2) is 30.3 Å². The number of nitrogens with one attached hydrogen (secondary N) is 12. The van der Waals surface area contributed by atoms with Gasteiger partial charge in [0, 0.05) is 79.7 Å². The highest BCUT2D eigenvalue weighted by molar-refractivity contribution is 7.20. The number of amides is 4. The summed E-state index contributed by atoms with van der Waals surface area (Å²) in [6.07, 6.45) is 10.6. The van der Waals surface area contributed by atoms with E-state index in [1.807, 2.05) is 72.7 Å². The van der Waals surface area contributed by atoms with Crippen LogP contribution in [0.5, 0.6) is 11.8 Å². The Balaban J connectivity index is 0.000000160. The molecule has 2 saturated heterocycles. The van der Waals surface area contributed by atoms with Crippen molar-refractivity contribution in [3.8, 4) is 11.8 Å². The quantitative estimate of drug-likeness (QED) is 0.0160. The number of fused-ring (bicyclic) bond motifs is 1. The minimum absolute atomic E-state index is 0.0150. The standard InChI is InChI=1S/C23H25N7O3S2.C20H25N9O4S2.C19H23N9O3S2.C17H18ClN7O3S2/c1-4-14-18(21(33)28-17-11(2)9-25-15-8-6-5-7-13(15)17)34-23(27-14)29-22-16(20(32)30-35-22)19(24)26-10-12(3)31;1-9-4-22-7-23-15(9)25-17(31)13-18(32)26-20(34-13)27-19-12(16(30)28-35-19)14(21)24-8-29-5-10(2)33-11(3)6-29;1-10-7-21-8-22-15(10)25-17(30)13-11(2)24-19(32-13)26-18-12(16(29)27-33-18)14(20)23-9-28-3-5-31-6-4-28;1-6(2)21-12(19)9-13(26)25-30-16(9)24-17-23-15(28)11(29-17)14(27)22-10-7(3)4-20-5-8(10)18/h5-9,12,31H,4,10H2,1-3H3,(H2,24,26)(H,27,29)(H,30,32)(H,25,28,33);4,7,10-11,32H,5-6,8H2,1-3H3,(H2,21,24)(H,26,27)(H,28,30)(H,22,23,25,31);7-8H,3-6,9H2,1-2H3,(H2,20,23)(H,24,26)(H,27,29)(H,21,22,25,30);4-6,28H,1-3H3,(H2,19,21)(H,23,24)(H,25,26)(H,20,22,27). The van der Waals surface area contributed by atoms with E-state index in [1.54, 1.807) is 52.5 Å². The number of aryl methyl sites for hydroxylation is 6. The maximum Gasteiger partial charge on any atom is 0.272 e. The van der Waals surface area contributed by atoms with Crippen molar-refractivity contribution < 1.29 is 44.0 Å². The van der Waals surface area contributed by atoms with Gasteiger partial charge in [-0.05, 0) is 139 Å². The van der Waals surface area contributed by atoms with Crippen LogP contribution in [0.25, 0.3) is 10.9 Å². The first-order valence-electron chi connectivity index (χ1n) is 40.2. The average molecular weight is 1990 g/mol. The summed E-state index contributed by atoms with van der Waals surface area (Å²) in [6.45, 7) is 25.1. The van der Waals surface area contributed by atoms with Crippen LogP contribution >= 0.6 is 103 Å². The van der Waals surface area contributed by atoms with Crippen LogP contribution in [0.15, 0.2) is 107 Å². The topological polar surface area (TPSA) is 664 Å². The largest absolute Gasteiger partial charge is 0.492 e. The fourth-order valence-corrected chi connectivity index (χ4v) is 19.3. The third kappa shape index (κ3) is 25.6. The number of aliphatic imine (C=N–C) groups is 4. The van der Waals surface area contributed by atoms with Crippen molar-refractivity contribution in [1.82, 2.24) is 77.1 Å².